The van der Waals surface area contributed by atoms with Crippen molar-refractivity contribution in [1.29, 1.82) is 0 Å². The second kappa shape index (κ2) is 9.06. The maximum atomic E-state index is 13.1. The average molecular weight is 433 g/mol. The highest BCUT2D eigenvalue weighted by molar-refractivity contribution is 6.31. The topological polar surface area (TPSA) is 53.3 Å². The molecule has 1 heterocycles. The number of hydrogen-bond acceptors (Lipinski definition) is 4. The van der Waals surface area contributed by atoms with Crippen LogP contribution in [0.3, 0.4) is 0 Å². The van der Waals surface area contributed by atoms with Crippen molar-refractivity contribution in [3.05, 3.63) is 94.8 Å². The number of allylic oxidation sites excluding steroid dienone is 1. The summed E-state index contributed by atoms with van der Waals surface area (Å²) in [4.78, 5) is 17.7. The lowest BCUT2D eigenvalue weighted by molar-refractivity contribution is 0.103. The summed E-state index contributed by atoms with van der Waals surface area (Å²) in [5.41, 5.74) is 3.38. The fraction of sp³-hybridized carbons (Fsp3) is 0.120. The van der Waals surface area contributed by atoms with E-state index < -0.39 is 0 Å². The van der Waals surface area contributed by atoms with Crippen LogP contribution in [0, 0.1) is 0 Å². The molecule has 0 radical (unpaired) electrons. The zero-order chi connectivity index (χ0) is 21.8. The first-order valence-corrected chi connectivity index (χ1v) is 10.1. The smallest absolute Gasteiger partial charge is 0.221 e. The van der Waals surface area contributed by atoms with Gasteiger partial charge in [0.2, 0.25) is 5.78 Å². The molecule has 31 heavy (non-hydrogen) atoms. The zero-order valence-electron chi connectivity index (χ0n) is 17.2. The highest BCUT2D eigenvalue weighted by Gasteiger charge is 2.16. The van der Waals surface area contributed by atoms with Crippen LogP contribution in [-0.4, -0.2) is 29.6 Å². The Morgan fingerprint density at radius 1 is 1.00 bits per heavy atom. The molecule has 156 valence electrons. The third-order valence-electron chi connectivity index (χ3n) is 5.00. The lowest BCUT2D eigenvalue weighted by Crippen LogP contribution is -2.10. The average Bonchev–Trinajstić information content (AvgIpc) is 3.17. The van der Waals surface area contributed by atoms with Crippen LogP contribution in [0.2, 0.25) is 5.02 Å². The van der Waals surface area contributed by atoms with Crippen molar-refractivity contribution in [3.63, 3.8) is 0 Å². The Bertz CT molecular complexity index is 1280. The van der Waals surface area contributed by atoms with E-state index in [9.17, 15) is 4.79 Å². The Morgan fingerprint density at radius 2 is 1.74 bits per heavy atom. The van der Waals surface area contributed by atoms with E-state index in [1.54, 1.807) is 26.4 Å². The monoisotopic (exact) mass is 432 g/mol. The molecule has 3 aromatic carbocycles. The van der Waals surface area contributed by atoms with Gasteiger partial charge < -0.3 is 14.0 Å². The molecule has 0 saturated heterocycles. The second-order valence-corrected chi connectivity index (χ2v) is 7.32. The molecule has 0 aliphatic heterocycles. The number of methoxy groups -OCH3 is 2. The van der Waals surface area contributed by atoms with Crippen LogP contribution in [0.5, 0.6) is 11.5 Å². The molecule has 0 spiro atoms. The first kappa shape index (κ1) is 20.7. The molecule has 0 aliphatic rings. The number of carbonyl (C=O) groups excluding carboxylic acids is 1. The summed E-state index contributed by atoms with van der Waals surface area (Å²) in [6.45, 7) is 0.450. The van der Waals surface area contributed by atoms with Crippen LogP contribution >= 0.6 is 11.6 Å². The van der Waals surface area contributed by atoms with Crippen molar-refractivity contribution in [2.75, 3.05) is 14.2 Å². The third kappa shape index (κ3) is 4.32. The fourth-order valence-electron chi connectivity index (χ4n) is 3.42. The van der Waals surface area contributed by atoms with Gasteiger partial charge in [0.1, 0.15) is 0 Å². The number of rotatable bonds is 7. The molecule has 5 nitrogen and oxygen atoms in total. The second-order valence-electron chi connectivity index (χ2n) is 6.91. The Morgan fingerprint density at radius 3 is 2.52 bits per heavy atom. The van der Waals surface area contributed by atoms with Gasteiger partial charge in [-0.15, -0.1) is 0 Å². The Kier molecular flexibility index (Phi) is 6.05. The number of halogens is 1. The van der Waals surface area contributed by atoms with Crippen LogP contribution < -0.4 is 9.47 Å². The quantitative estimate of drug-likeness (QED) is 0.279. The molecule has 4 rings (SSSR count). The molecule has 0 fully saturated rings. The molecule has 6 heteroatoms. The minimum Gasteiger partial charge on any atom is -0.493 e. The molecule has 0 aliphatic carbocycles. The largest absolute Gasteiger partial charge is 0.493 e. The lowest BCUT2D eigenvalue weighted by Gasteiger charge is -2.09. The summed E-state index contributed by atoms with van der Waals surface area (Å²) in [7, 11) is 3.16. The zero-order valence-corrected chi connectivity index (χ0v) is 18.0. The van der Waals surface area contributed by atoms with Gasteiger partial charge in [0, 0.05) is 5.02 Å². The van der Waals surface area contributed by atoms with Gasteiger partial charge in [-0.25, -0.2) is 4.98 Å². The predicted molar refractivity (Wildman–Crippen MR) is 123 cm³/mol. The van der Waals surface area contributed by atoms with E-state index in [1.165, 1.54) is 6.08 Å². The number of benzene rings is 3. The van der Waals surface area contributed by atoms with Crippen LogP contribution in [0.1, 0.15) is 21.7 Å². The van der Waals surface area contributed by atoms with Crippen LogP contribution in [0.4, 0.5) is 0 Å². The molecular formula is C25H21ClN2O3. The van der Waals surface area contributed by atoms with Crippen LogP contribution in [0.25, 0.3) is 17.1 Å². The molecular weight excluding hydrogens is 412 g/mol. The summed E-state index contributed by atoms with van der Waals surface area (Å²) in [6, 6.07) is 20.8. The Hall–Kier alpha value is -3.57. The number of aromatic nitrogens is 2. The Balaban J connectivity index is 1.70. The normalized spacial score (nSPS) is 11.2. The minimum atomic E-state index is -0.196. The van der Waals surface area contributed by atoms with Crippen molar-refractivity contribution >= 4 is 34.5 Å². The maximum Gasteiger partial charge on any atom is 0.221 e. The summed E-state index contributed by atoms with van der Waals surface area (Å²) in [5.74, 6) is 1.39. The van der Waals surface area contributed by atoms with Crippen molar-refractivity contribution in [3.8, 4) is 11.5 Å². The van der Waals surface area contributed by atoms with Gasteiger partial charge in [0.25, 0.3) is 0 Å². The number of fused-ring (bicyclic) bond motifs is 1. The number of hydrogen-bond donors (Lipinski definition) is 0. The van der Waals surface area contributed by atoms with E-state index in [0.29, 0.717) is 28.9 Å². The first-order valence-electron chi connectivity index (χ1n) is 9.74. The lowest BCUT2D eigenvalue weighted by atomic mass is 10.1. The van der Waals surface area contributed by atoms with E-state index in [2.05, 4.69) is 4.98 Å². The summed E-state index contributed by atoms with van der Waals surface area (Å²) >= 11 is 6.36. The van der Waals surface area contributed by atoms with Crippen LogP contribution in [-0.2, 0) is 6.54 Å². The third-order valence-corrected chi connectivity index (χ3v) is 5.36. The number of carbonyl (C=O) groups is 1. The van der Waals surface area contributed by atoms with E-state index in [0.717, 1.165) is 22.2 Å². The number of nitrogens with zero attached hydrogens (tertiary/aromatic N) is 2. The molecule has 0 unspecified atom stereocenters. The number of para-hydroxylation sites is 2. The standard InChI is InChI=1S/C25H21ClN2O3/c1-30-23-14-12-17(15-24(23)31-2)11-13-22(29)25-27-20-9-5-6-10-21(20)28(25)16-18-7-3-4-8-19(18)26/h3-15H,16H2,1-2H3/b13-11+. The summed E-state index contributed by atoms with van der Waals surface area (Å²) in [5, 5.41) is 0.652. The molecule has 0 amide bonds. The van der Waals surface area contributed by atoms with Crippen LogP contribution in [0.15, 0.2) is 72.8 Å². The van der Waals surface area contributed by atoms with Crippen molar-refractivity contribution in [1.82, 2.24) is 9.55 Å². The minimum absolute atomic E-state index is 0.196. The molecule has 0 saturated carbocycles. The van der Waals surface area contributed by atoms with Gasteiger partial charge in [0.15, 0.2) is 17.3 Å². The number of imidazole rings is 1. The van der Waals surface area contributed by atoms with Crippen molar-refractivity contribution in [2.24, 2.45) is 0 Å². The van der Waals surface area contributed by atoms with E-state index >= 15 is 0 Å². The summed E-state index contributed by atoms with van der Waals surface area (Å²) in [6.07, 6.45) is 3.26. The number of ether oxygens (including phenoxy) is 2. The SMILES string of the molecule is COc1ccc(/C=C/C(=O)c2nc3ccccc3n2Cc2ccccc2Cl)cc1OC. The van der Waals surface area contributed by atoms with Crippen molar-refractivity contribution in [2.45, 2.75) is 6.54 Å². The molecule has 4 aromatic rings. The number of ketones is 1. The maximum absolute atomic E-state index is 13.1. The Labute approximate surface area is 185 Å². The highest BCUT2D eigenvalue weighted by atomic mass is 35.5. The van der Waals surface area contributed by atoms with Crippen molar-refractivity contribution < 1.29 is 14.3 Å². The fourth-order valence-corrected chi connectivity index (χ4v) is 3.62. The van der Waals surface area contributed by atoms with Gasteiger partial charge in [-0.2, -0.15) is 0 Å². The van der Waals surface area contributed by atoms with Gasteiger partial charge >= 0.3 is 0 Å². The predicted octanol–water partition coefficient (Wildman–Crippen LogP) is 5.65. The van der Waals surface area contributed by atoms with Gasteiger partial charge in [-0.3, -0.25) is 4.79 Å². The van der Waals surface area contributed by atoms with Gasteiger partial charge in [-0.1, -0.05) is 54.1 Å². The van der Waals surface area contributed by atoms with E-state index in [4.69, 9.17) is 21.1 Å². The highest BCUT2D eigenvalue weighted by Crippen LogP contribution is 2.28. The first-order chi connectivity index (χ1) is 15.1. The van der Waals surface area contributed by atoms with Gasteiger partial charge in [-0.05, 0) is 47.5 Å². The molecule has 0 atom stereocenters. The van der Waals surface area contributed by atoms with E-state index in [1.807, 2.05) is 65.2 Å². The molecule has 0 N–H and O–H groups in total. The summed E-state index contributed by atoms with van der Waals surface area (Å²) < 4.78 is 12.5. The van der Waals surface area contributed by atoms with E-state index in [-0.39, 0.29) is 5.78 Å². The molecule has 1 aromatic heterocycles. The molecule has 0 bridgehead atoms. The van der Waals surface area contributed by atoms with Gasteiger partial charge in [0.05, 0.1) is 31.8 Å².